The van der Waals surface area contributed by atoms with E-state index < -0.39 is 6.09 Å². The molecule has 0 saturated heterocycles. The number of carbonyl (C=O) groups is 1. The zero-order valence-electron chi connectivity index (χ0n) is 12.4. The lowest BCUT2D eigenvalue weighted by atomic mass is 10.1. The van der Waals surface area contributed by atoms with Gasteiger partial charge in [-0.2, -0.15) is 0 Å². The van der Waals surface area contributed by atoms with Gasteiger partial charge in [-0.05, 0) is 30.2 Å². The maximum absolute atomic E-state index is 11.5. The van der Waals surface area contributed by atoms with Gasteiger partial charge in [-0.25, -0.2) is 4.79 Å². The van der Waals surface area contributed by atoms with Crippen molar-refractivity contribution in [3.05, 3.63) is 65.2 Å². The van der Waals surface area contributed by atoms with Crippen molar-refractivity contribution in [2.45, 2.75) is 13.5 Å². The van der Waals surface area contributed by atoms with E-state index in [-0.39, 0.29) is 13.2 Å². The summed E-state index contributed by atoms with van der Waals surface area (Å²) in [6.45, 7) is 2.42. The van der Waals surface area contributed by atoms with Gasteiger partial charge in [-0.3, -0.25) is 0 Å². The van der Waals surface area contributed by atoms with E-state index in [0.717, 1.165) is 16.7 Å². The fourth-order valence-corrected chi connectivity index (χ4v) is 1.83. The quantitative estimate of drug-likeness (QED) is 0.676. The van der Waals surface area contributed by atoms with Gasteiger partial charge in [0.2, 0.25) is 0 Å². The van der Waals surface area contributed by atoms with Crippen LogP contribution >= 0.6 is 0 Å². The van der Waals surface area contributed by atoms with Crippen LogP contribution < -0.4 is 11.1 Å². The van der Waals surface area contributed by atoms with Gasteiger partial charge in [0, 0.05) is 11.3 Å². The highest BCUT2D eigenvalue weighted by Gasteiger charge is 2.00. The fraction of sp³-hybridized carbons (Fsp3) is 0.167. The Morgan fingerprint density at radius 1 is 1.23 bits per heavy atom. The molecule has 0 fully saturated rings. The molecule has 3 N–H and O–H groups in total. The molecular formula is C18H18N2O2. The van der Waals surface area contributed by atoms with E-state index in [1.165, 1.54) is 0 Å². The van der Waals surface area contributed by atoms with Crippen LogP contribution in [0.4, 0.5) is 10.5 Å². The lowest BCUT2D eigenvalue weighted by Crippen LogP contribution is -2.24. The Morgan fingerprint density at radius 2 is 2.00 bits per heavy atom. The number of amides is 1. The third-order valence-corrected chi connectivity index (χ3v) is 2.96. The van der Waals surface area contributed by atoms with Crippen LogP contribution in [-0.4, -0.2) is 12.6 Å². The Morgan fingerprint density at radius 3 is 2.73 bits per heavy atom. The number of aryl methyl sites for hydroxylation is 1. The molecule has 2 aromatic rings. The topological polar surface area (TPSA) is 64.3 Å². The summed E-state index contributed by atoms with van der Waals surface area (Å²) in [6, 6.07) is 15.2. The smallest absolute Gasteiger partial charge is 0.408 e. The number of benzene rings is 2. The minimum Gasteiger partial charge on any atom is -0.445 e. The van der Waals surface area contributed by atoms with Crippen molar-refractivity contribution in [2.24, 2.45) is 0 Å². The molecule has 112 valence electrons. The molecular weight excluding hydrogens is 276 g/mol. The lowest BCUT2D eigenvalue weighted by molar-refractivity contribution is 0.141. The second kappa shape index (κ2) is 7.75. The zero-order valence-corrected chi connectivity index (χ0v) is 12.4. The number of nitrogens with one attached hydrogen (secondary N) is 1. The average molecular weight is 294 g/mol. The van der Waals surface area contributed by atoms with Gasteiger partial charge in [0.15, 0.2) is 0 Å². The Kier molecular flexibility index (Phi) is 5.44. The van der Waals surface area contributed by atoms with E-state index in [9.17, 15) is 4.79 Å². The highest BCUT2D eigenvalue weighted by atomic mass is 16.5. The largest absolute Gasteiger partial charge is 0.445 e. The van der Waals surface area contributed by atoms with Crippen molar-refractivity contribution >= 4 is 11.8 Å². The van der Waals surface area contributed by atoms with Crippen LogP contribution in [0.1, 0.15) is 16.7 Å². The summed E-state index contributed by atoms with van der Waals surface area (Å²) in [7, 11) is 0. The molecule has 2 rings (SSSR count). The number of rotatable bonds is 3. The number of alkyl carbamates (subject to hydrolysis) is 1. The maximum atomic E-state index is 11.5. The van der Waals surface area contributed by atoms with Crippen molar-refractivity contribution in [3.8, 4) is 11.8 Å². The van der Waals surface area contributed by atoms with E-state index in [0.29, 0.717) is 5.69 Å². The molecule has 0 radical (unpaired) electrons. The number of nitrogen functional groups attached to an aromatic ring is 1. The summed E-state index contributed by atoms with van der Waals surface area (Å²) in [5.41, 5.74) is 9.28. The molecule has 0 aliphatic carbocycles. The molecule has 2 aromatic carbocycles. The summed E-state index contributed by atoms with van der Waals surface area (Å²) in [5, 5.41) is 2.58. The molecule has 1 amide bonds. The van der Waals surface area contributed by atoms with Crippen molar-refractivity contribution < 1.29 is 9.53 Å². The standard InChI is InChI=1S/C18H18N2O2/c1-14-9-10-16(17(19)12-14)8-5-11-20-18(21)22-13-15-6-3-2-4-7-15/h2-4,6-7,9-10,12H,11,13,19H2,1H3,(H,20,21). The molecule has 22 heavy (non-hydrogen) atoms. The third-order valence-electron chi connectivity index (χ3n) is 2.96. The van der Waals surface area contributed by atoms with Gasteiger partial charge in [0.1, 0.15) is 6.61 Å². The molecule has 4 nitrogen and oxygen atoms in total. The maximum Gasteiger partial charge on any atom is 0.408 e. The number of nitrogens with two attached hydrogens (primary N) is 1. The van der Waals surface area contributed by atoms with Gasteiger partial charge in [0.25, 0.3) is 0 Å². The van der Waals surface area contributed by atoms with Crippen LogP contribution in [0.2, 0.25) is 0 Å². The summed E-state index contributed by atoms with van der Waals surface area (Å²) in [4.78, 5) is 11.5. The Balaban J connectivity index is 1.76. The monoisotopic (exact) mass is 294 g/mol. The van der Waals surface area contributed by atoms with Crippen LogP contribution in [-0.2, 0) is 11.3 Å². The first-order valence-corrected chi connectivity index (χ1v) is 6.94. The number of carbonyl (C=O) groups excluding carboxylic acids is 1. The predicted molar refractivity (Wildman–Crippen MR) is 87.1 cm³/mol. The summed E-state index contributed by atoms with van der Waals surface area (Å²) in [5.74, 6) is 5.77. The Bertz CT molecular complexity index is 700. The minimum atomic E-state index is -0.491. The van der Waals surface area contributed by atoms with Crippen molar-refractivity contribution in [2.75, 3.05) is 12.3 Å². The van der Waals surface area contributed by atoms with Crippen molar-refractivity contribution in [1.82, 2.24) is 5.32 Å². The van der Waals surface area contributed by atoms with Gasteiger partial charge >= 0.3 is 6.09 Å². The Hall–Kier alpha value is -2.93. The molecule has 0 aliphatic rings. The highest BCUT2D eigenvalue weighted by molar-refractivity contribution is 5.67. The molecule has 4 heteroatoms. The van der Waals surface area contributed by atoms with E-state index in [1.807, 2.05) is 55.5 Å². The molecule has 0 atom stereocenters. The number of ether oxygens (including phenoxy) is 1. The van der Waals surface area contributed by atoms with E-state index in [2.05, 4.69) is 17.2 Å². The van der Waals surface area contributed by atoms with Gasteiger partial charge < -0.3 is 15.8 Å². The average Bonchev–Trinajstić information content (AvgIpc) is 2.52. The van der Waals surface area contributed by atoms with Crippen molar-refractivity contribution in [3.63, 3.8) is 0 Å². The van der Waals surface area contributed by atoms with Crippen LogP contribution in [0.3, 0.4) is 0 Å². The number of hydrogen-bond donors (Lipinski definition) is 2. The first-order valence-electron chi connectivity index (χ1n) is 6.94. The van der Waals surface area contributed by atoms with E-state index in [1.54, 1.807) is 0 Å². The molecule has 0 unspecified atom stereocenters. The molecule has 0 aromatic heterocycles. The first-order chi connectivity index (χ1) is 10.6. The second-order valence-electron chi connectivity index (χ2n) is 4.81. The molecule has 0 bridgehead atoms. The van der Waals surface area contributed by atoms with Crippen molar-refractivity contribution in [1.29, 1.82) is 0 Å². The number of hydrogen-bond acceptors (Lipinski definition) is 3. The summed E-state index contributed by atoms with van der Waals surface area (Å²) in [6.07, 6.45) is -0.491. The lowest BCUT2D eigenvalue weighted by Gasteiger charge is -2.04. The van der Waals surface area contributed by atoms with E-state index >= 15 is 0 Å². The van der Waals surface area contributed by atoms with Crippen LogP contribution in [0.25, 0.3) is 0 Å². The molecule has 0 saturated carbocycles. The summed E-state index contributed by atoms with van der Waals surface area (Å²) < 4.78 is 5.08. The van der Waals surface area contributed by atoms with E-state index in [4.69, 9.17) is 10.5 Å². The third kappa shape index (κ3) is 4.88. The second-order valence-corrected chi connectivity index (χ2v) is 4.81. The minimum absolute atomic E-state index is 0.209. The fourth-order valence-electron chi connectivity index (χ4n) is 1.83. The molecule has 0 heterocycles. The highest BCUT2D eigenvalue weighted by Crippen LogP contribution is 2.11. The van der Waals surface area contributed by atoms with Gasteiger partial charge in [0.05, 0.1) is 6.54 Å². The molecule has 0 spiro atoms. The summed E-state index contributed by atoms with van der Waals surface area (Å²) >= 11 is 0. The van der Waals surface area contributed by atoms with Gasteiger partial charge in [-0.1, -0.05) is 48.2 Å². The molecule has 0 aliphatic heterocycles. The first kappa shape index (κ1) is 15.5. The van der Waals surface area contributed by atoms with Crippen LogP contribution in [0, 0.1) is 18.8 Å². The zero-order chi connectivity index (χ0) is 15.8. The predicted octanol–water partition coefficient (Wildman–Crippen LogP) is 2.86. The number of anilines is 1. The van der Waals surface area contributed by atoms with Gasteiger partial charge in [-0.15, -0.1) is 0 Å². The normalized spacial score (nSPS) is 9.50. The Labute approximate surface area is 130 Å². The van der Waals surface area contributed by atoms with Crippen LogP contribution in [0.5, 0.6) is 0 Å². The van der Waals surface area contributed by atoms with Crippen LogP contribution in [0.15, 0.2) is 48.5 Å². The SMILES string of the molecule is Cc1ccc(C#CCNC(=O)OCc2ccccc2)c(N)c1.